The van der Waals surface area contributed by atoms with Gasteiger partial charge >= 0.3 is 18.4 Å². The van der Waals surface area contributed by atoms with Gasteiger partial charge in [-0.05, 0) is 47.7 Å². The zero-order valence-electron chi connectivity index (χ0n) is 24.1. The van der Waals surface area contributed by atoms with Crippen LogP contribution >= 0.6 is 0 Å². The first-order chi connectivity index (χ1) is 20.0. The van der Waals surface area contributed by atoms with Gasteiger partial charge in [0.25, 0.3) is 5.91 Å². The highest BCUT2D eigenvalue weighted by atomic mass is 19.4. The topological polar surface area (TPSA) is 87.2 Å². The zero-order valence-corrected chi connectivity index (χ0v) is 24.1. The molecule has 0 aliphatic carbocycles. The molecule has 2 aromatic rings. The van der Waals surface area contributed by atoms with Gasteiger partial charge in [-0.25, -0.2) is 14.2 Å². The van der Waals surface area contributed by atoms with Gasteiger partial charge in [-0.2, -0.15) is 0 Å². The number of hydrogen-bond donors (Lipinski definition) is 1. The Kier molecular flexibility index (Phi) is 9.81. The number of ether oxygens (including phenoxy) is 1. The number of rotatable bonds is 12. The van der Waals surface area contributed by atoms with Crippen LogP contribution in [0.2, 0.25) is 0 Å². The first-order valence-electron chi connectivity index (χ1n) is 14.6. The molecule has 3 amide bonds. The van der Waals surface area contributed by atoms with E-state index >= 15 is 0 Å². The van der Waals surface area contributed by atoms with E-state index in [-0.39, 0.29) is 40.9 Å². The molecule has 228 valence electrons. The third-order valence-electron chi connectivity index (χ3n) is 8.50. The van der Waals surface area contributed by atoms with Crippen LogP contribution in [0.1, 0.15) is 50.7 Å². The summed E-state index contributed by atoms with van der Waals surface area (Å²) in [6.45, 7) is 6.29. The van der Waals surface area contributed by atoms with Gasteiger partial charge in [-0.3, -0.25) is 9.59 Å². The molecule has 2 aliphatic heterocycles. The molecule has 4 rings (SSSR count). The Morgan fingerprint density at radius 1 is 1.07 bits per heavy atom. The van der Waals surface area contributed by atoms with E-state index in [4.69, 9.17) is 0 Å². The number of hydrogen-bond acceptors (Lipinski definition) is 5. The zero-order chi connectivity index (χ0) is 30.5. The minimum Gasteiger partial charge on any atom is -0.481 e. The van der Waals surface area contributed by atoms with Crippen molar-refractivity contribution >= 4 is 23.6 Å². The molecule has 1 spiro atoms. The van der Waals surface area contributed by atoms with E-state index < -0.39 is 18.4 Å². The lowest BCUT2D eigenvalue weighted by Gasteiger charge is -2.42. The van der Waals surface area contributed by atoms with Crippen LogP contribution < -0.4 is 9.64 Å². The van der Waals surface area contributed by atoms with Crippen molar-refractivity contribution in [2.75, 3.05) is 37.6 Å². The van der Waals surface area contributed by atoms with Crippen molar-refractivity contribution in [2.24, 2.45) is 5.92 Å². The quantitative estimate of drug-likeness (QED) is 0.254. The average molecular weight is 591 g/mol. The van der Waals surface area contributed by atoms with Crippen molar-refractivity contribution in [2.45, 2.75) is 64.8 Å². The maximum atomic E-state index is 14.1. The van der Waals surface area contributed by atoms with Crippen LogP contribution in [0, 0.1) is 5.92 Å². The van der Waals surface area contributed by atoms with Crippen molar-refractivity contribution in [3.05, 3.63) is 59.7 Å². The molecule has 2 saturated heterocycles. The number of nitrogens with zero attached hydrogens (tertiary/aromatic N) is 3. The smallest absolute Gasteiger partial charge is 0.481 e. The number of urea groups is 1. The standard InChI is InChI=1S/C31H38F3N3O5/c1-3-5-7-22(4-2)21-36-29(40)27(19-23-10-12-26(13-11-23)42-31(32,33)34)37(30(36)41)16-14-35(15-17-37)25-9-6-8-24(18-25)20-28(38)39/h6,8-13,18,22,27H,3-5,7,14-17,19-21H2,1-2H3/p+1. The summed E-state index contributed by atoms with van der Waals surface area (Å²) in [7, 11) is 0. The number of benzene rings is 2. The van der Waals surface area contributed by atoms with Gasteiger partial charge in [0.15, 0.2) is 6.04 Å². The number of quaternary nitrogens is 1. The fourth-order valence-electron chi connectivity index (χ4n) is 6.14. The Labute approximate surface area is 244 Å². The van der Waals surface area contributed by atoms with E-state index in [0.29, 0.717) is 43.9 Å². The largest absolute Gasteiger partial charge is 0.573 e. The number of anilines is 1. The number of halogens is 3. The first kappa shape index (κ1) is 31.3. The molecule has 1 N–H and O–H groups in total. The molecule has 0 saturated carbocycles. The van der Waals surface area contributed by atoms with Crippen LogP contribution in [0.25, 0.3) is 0 Å². The summed E-state index contributed by atoms with van der Waals surface area (Å²) >= 11 is 0. The molecular weight excluding hydrogens is 551 g/mol. The monoisotopic (exact) mass is 590 g/mol. The summed E-state index contributed by atoms with van der Waals surface area (Å²) in [6, 6.07) is 11.9. The second-order valence-electron chi connectivity index (χ2n) is 11.3. The highest BCUT2D eigenvalue weighted by molar-refractivity contribution is 6.00. The van der Waals surface area contributed by atoms with Crippen molar-refractivity contribution in [3.8, 4) is 5.75 Å². The molecule has 2 fully saturated rings. The van der Waals surface area contributed by atoms with Gasteiger partial charge in [0.05, 0.1) is 19.5 Å². The Hall–Kier alpha value is -3.60. The maximum absolute atomic E-state index is 14.1. The predicted octanol–water partition coefficient (Wildman–Crippen LogP) is 5.64. The molecule has 0 bridgehead atoms. The lowest BCUT2D eigenvalue weighted by atomic mass is 9.98. The number of unbranched alkanes of at least 4 members (excludes halogenated alkanes) is 1. The molecule has 42 heavy (non-hydrogen) atoms. The number of carboxylic acid groups (broad SMARTS) is 1. The second-order valence-corrected chi connectivity index (χ2v) is 11.3. The highest BCUT2D eigenvalue weighted by Crippen LogP contribution is 2.35. The Balaban J connectivity index is 1.58. The number of piperazine rings is 1. The minimum absolute atomic E-state index is 0.0326. The van der Waals surface area contributed by atoms with Gasteiger partial charge in [-0.15, -0.1) is 13.2 Å². The van der Waals surface area contributed by atoms with E-state index in [2.05, 4.69) is 23.5 Å². The molecule has 2 unspecified atom stereocenters. The van der Waals surface area contributed by atoms with Crippen molar-refractivity contribution in [3.63, 3.8) is 0 Å². The summed E-state index contributed by atoms with van der Waals surface area (Å²) < 4.78 is 41.9. The van der Waals surface area contributed by atoms with E-state index in [1.54, 1.807) is 6.07 Å². The minimum atomic E-state index is -4.80. The number of aliphatic carboxylic acids is 1. The van der Waals surface area contributed by atoms with Crippen LogP contribution in [0.3, 0.4) is 0 Å². The molecule has 11 heteroatoms. The molecule has 0 aromatic heterocycles. The van der Waals surface area contributed by atoms with Crippen molar-refractivity contribution in [1.29, 1.82) is 0 Å². The Bertz CT molecular complexity index is 1260. The van der Waals surface area contributed by atoms with Gasteiger partial charge in [0.2, 0.25) is 0 Å². The van der Waals surface area contributed by atoms with E-state index in [1.807, 2.05) is 18.2 Å². The number of imide groups is 1. The summed E-state index contributed by atoms with van der Waals surface area (Å²) in [5, 5.41) is 9.18. The molecule has 2 aliphatic rings. The summed E-state index contributed by atoms with van der Waals surface area (Å²) in [5.74, 6) is -1.29. The van der Waals surface area contributed by atoms with Crippen LogP contribution in [0.4, 0.5) is 23.7 Å². The molecular formula is C31H39F3N3O5+. The number of carbonyl (C=O) groups is 3. The molecule has 0 radical (unpaired) electrons. The first-order valence-corrected chi connectivity index (χ1v) is 14.6. The SMILES string of the molecule is CCCCC(CC)CN1C(=O)C(Cc2ccc(OC(F)(F)F)cc2)[N+]2(CCN(c3cccc(CC(=O)O)c3)CC2)C1=O. The highest BCUT2D eigenvalue weighted by Gasteiger charge is 2.60. The summed E-state index contributed by atoms with van der Waals surface area (Å²) in [6.07, 6.45) is -0.856. The third kappa shape index (κ3) is 7.24. The van der Waals surface area contributed by atoms with E-state index in [9.17, 15) is 32.7 Å². The van der Waals surface area contributed by atoms with Gasteiger partial charge in [0.1, 0.15) is 18.8 Å². The summed E-state index contributed by atoms with van der Waals surface area (Å²) in [4.78, 5) is 42.7. The van der Waals surface area contributed by atoms with E-state index in [1.165, 1.54) is 29.2 Å². The molecule has 2 atom stereocenters. The van der Waals surface area contributed by atoms with Crippen LogP contribution in [0.15, 0.2) is 48.5 Å². The fraction of sp³-hybridized carbons (Fsp3) is 0.516. The Morgan fingerprint density at radius 2 is 1.76 bits per heavy atom. The van der Waals surface area contributed by atoms with Gasteiger partial charge in [-0.1, -0.05) is 57.4 Å². The second kappa shape index (κ2) is 13.1. The number of carboxylic acids is 1. The number of amides is 3. The average Bonchev–Trinajstić information content (AvgIpc) is 3.12. The lowest BCUT2D eigenvalue weighted by Crippen LogP contribution is -2.65. The van der Waals surface area contributed by atoms with Gasteiger partial charge in [0, 0.05) is 18.7 Å². The lowest BCUT2D eigenvalue weighted by molar-refractivity contribution is -0.862. The predicted molar refractivity (Wildman–Crippen MR) is 151 cm³/mol. The van der Waals surface area contributed by atoms with Crippen LogP contribution in [-0.2, 0) is 22.4 Å². The third-order valence-corrected chi connectivity index (χ3v) is 8.50. The van der Waals surface area contributed by atoms with Gasteiger partial charge < -0.3 is 14.7 Å². The van der Waals surface area contributed by atoms with Crippen LogP contribution in [0.5, 0.6) is 5.75 Å². The fourth-order valence-corrected chi connectivity index (χ4v) is 6.14. The summed E-state index contributed by atoms with van der Waals surface area (Å²) in [5.41, 5.74) is 2.20. The normalized spacial score (nSPS) is 19.4. The molecule has 2 aromatic carbocycles. The number of carbonyl (C=O) groups excluding carboxylic acids is 2. The van der Waals surface area contributed by atoms with Crippen molar-refractivity contribution in [1.82, 2.24) is 4.90 Å². The van der Waals surface area contributed by atoms with E-state index in [0.717, 1.165) is 31.4 Å². The van der Waals surface area contributed by atoms with Crippen molar-refractivity contribution < 1.29 is 41.9 Å². The number of alkyl halides is 3. The molecule has 8 nitrogen and oxygen atoms in total. The van der Waals surface area contributed by atoms with Crippen LogP contribution in [-0.4, -0.2) is 77.5 Å². The molecule has 2 heterocycles. The maximum Gasteiger partial charge on any atom is 0.573 e. The Morgan fingerprint density at radius 3 is 2.36 bits per heavy atom.